The van der Waals surface area contributed by atoms with Crippen LogP contribution in [0.4, 0.5) is 10.5 Å². The Balaban J connectivity index is 1.50. The summed E-state index contributed by atoms with van der Waals surface area (Å²) >= 11 is 0. The van der Waals surface area contributed by atoms with E-state index in [0.29, 0.717) is 60.7 Å². The third-order valence-electron chi connectivity index (χ3n) is 7.05. The van der Waals surface area contributed by atoms with E-state index in [2.05, 4.69) is 6.07 Å². The summed E-state index contributed by atoms with van der Waals surface area (Å²) < 4.78 is 50.3. The minimum atomic E-state index is -3.58. The molecule has 0 aromatic heterocycles. The number of hydrogen-bond donors (Lipinski definition) is 0. The van der Waals surface area contributed by atoms with Gasteiger partial charge < -0.3 is 23.8 Å². The number of likely N-dealkylation sites (tertiary alicyclic amines) is 1. The molecule has 0 N–H and O–H groups in total. The lowest BCUT2D eigenvalue weighted by molar-refractivity contribution is 0.0126. The predicted molar refractivity (Wildman–Crippen MR) is 160 cm³/mol. The number of benzene rings is 2. The van der Waals surface area contributed by atoms with Crippen LogP contribution in [0, 0.1) is 11.3 Å². The van der Waals surface area contributed by atoms with Gasteiger partial charge in [-0.15, -0.1) is 0 Å². The van der Waals surface area contributed by atoms with Crippen LogP contribution < -0.4 is 13.8 Å². The standard InChI is InChI=1S/C31H39N3O7S/c1-6-42(36,37)34-25(9-8-23-17-22(20-32)7-12-29(23)39-21-38-5)18-24-19-27(10-11-28(24)34)40-26-13-15-33(16-14-26)30(35)41-31(2,3)4/h7-12,17,19,25-26H,6,13-16,18,21H2,1-5H3/b9-8+. The molecule has 10 nitrogen and oxygen atoms in total. The Morgan fingerprint density at radius 3 is 2.52 bits per heavy atom. The van der Waals surface area contributed by atoms with Crippen molar-refractivity contribution in [2.24, 2.45) is 0 Å². The number of carbonyl (C=O) groups is 1. The molecule has 42 heavy (non-hydrogen) atoms. The molecular formula is C31H39N3O7S. The SMILES string of the molecule is CCS(=O)(=O)N1c2ccc(OC3CCN(C(=O)OC(C)(C)C)CC3)cc2CC1/C=C/c1cc(C#N)ccc1OCOC. The van der Waals surface area contributed by atoms with Crippen molar-refractivity contribution in [3.05, 3.63) is 59.2 Å². The summed E-state index contributed by atoms with van der Waals surface area (Å²) in [6.45, 7) is 8.31. The molecule has 11 heteroatoms. The summed E-state index contributed by atoms with van der Waals surface area (Å²) in [7, 11) is -2.06. The van der Waals surface area contributed by atoms with Gasteiger partial charge in [-0.2, -0.15) is 5.26 Å². The molecule has 226 valence electrons. The zero-order chi connectivity index (χ0) is 30.5. The largest absolute Gasteiger partial charge is 0.490 e. The van der Waals surface area contributed by atoms with Crippen molar-refractivity contribution in [3.8, 4) is 17.6 Å². The molecule has 2 heterocycles. The van der Waals surface area contributed by atoms with Crippen LogP contribution >= 0.6 is 0 Å². The summed E-state index contributed by atoms with van der Waals surface area (Å²) in [5, 5.41) is 9.37. The monoisotopic (exact) mass is 597 g/mol. The highest BCUT2D eigenvalue weighted by molar-refractivity contribution is 7.92. The summed E-state index contributed by atoms with van der Waals surface area (Å²) in [6.07, 6.45) is 5.05. The van der Waals surface area contributed by atoms with Crippen molar-refractivity contribution in [1.82, 2.24) is 4.90 Å². The number of nitriles is 1. The molecule has 1 atom stereocenters. The second kappa shape index (κ2) is 13.0. The van der Waals surface area contributed by atoms with Gasteiger partial charge in [-0.3, -0.25) is 4.31 Å². The number of carbonyl (C=O) groups excluding carboxylic acids is 1. The molecule has 4 rings (SSSR count). The molecule has 2 aliphatic rings. The first kappa shape index (κ1) is 31.2. The van der Waals surface area contributed by atoms with Crippen molar-refractivity contribution in [2.75, 3.05) is 37.1 Å². The van der Waals surface area contributed by atoms with Crippen molar-refractivity contribution >= 4 is 27.9 Å². The van der Waals surface area contributed by atoms with Crippen molar-refractivity contribution in [2.45, 2.75) is 64.7 Å². The van der Waals surface area contributed by atoms with Gasteiger partial charge in [-0.05, 0) is 76.1 Å². The predicted octanol–water partition coefficient (Wildman–Crippen LogP) is 5.11. The smallest absolute Gasteiger partial charge is 0.410 e. The van der Waals surface area contributed by atoms with Crippen LogP contribution in [0.1, 0.15) is 57.2 Å². The Kier molecular flexibility index (Phi) is 9.69. The van der Waals surface area contributed by atoms with Gasteiger partial charge in [-0.1, -0.05) is 12.2 Å². The van der Waals surface area contributed by atoms with Gasteiger partial charge in [0, 0.05) is 38.6 Å². The molecule has 2 aliphatic heterocycles. The number of amides is 1. The highest BCUT2D eigenvalue weighted by Crippen LogP contribution is 2.38. The molecule has 1 amide bonds. The molecule has 1 unspecified atom stereocenters. The van der Waals surface area contributed by atoms with E-state index >= 15 is 0 Å². The molecule has 0 radical (unpaired) electrons. The minimum Gasteiger partial charge on any atom is -0.490 e. The third-order valence-corrected chi connectivity index (χ3v) is 8.85. The maximum atomic E-state index is 13.2. The van der Waals surface area contributed by atoms with Gasteiger partial charge in [0.25, 0.3) is 0 Å². The molecule has 2 aromatic carbocycles. The van der Waals surface area contributed by atoms with Crippen molar-refractivity contribution < 1.29 is 32.2 Å². The summed E-state index contributed by atoms with van der Waals surface area (Å²) in [5.41, 5.74) is 2.07. The van der Waals surface area contributed by atoms with E-state index in [1.54, 1.807) is 48.2 Å². The Morgan fingerprint density at radius 1 is 1.14 bits per heavy atom. The van der Waals surface area contributed by atoms with E-state index < -0.39 is 21.7 Å². The van der Waals surface area contributed by atoms with Crippen LogP contribution in [-0.4, -0.2) is 69.9 Å². The van der Waals surface area contributed by atoms with Crippen LogP contribution in [-0.2, 0) is 25.9 Å². The van der Waals surface area contributed by atoms with E-state index in [9.17, 15) is 18.5 Å². The summed E-state index contributed by atoms with van der Waals surface area (Å²) in [5.74, 6) is 1.15. The molecular weight excluding hydrogens is 558 g/mol. The normalized spacial score (nSPS) is 17.7. The van der Waals surface area contributed by atoms with Gasteiger partial charge >= 0.3 is 6.09 Å². The first-order valence-electron chi connectivity index (χ1n) is 14.1. The van der Waals surface area contributed by atoms with E-state index in [1.807, 2.05) is 32.9 Å². The van der Waals surface area contributed by atoms with Crippen molar-refractivity contribution in [1.29, 1.82) is 5.26 Å². The van der Waals surface area contributed by atoms with E-state index in [0.717, 1.165) is 5.56 Å². The average molecular weight is 598 g/mol. The van der Waals surface area contributed by atoms with E-state index in [1.165, 1.54) is 11.4 Å². The number of fused-ring (bicyclic) bond motifs is 1. The Labute approximate surface area is 248 Å². The number of methoxy groups -OCH3 is 1. The van der Waals surface area contributed by atoms with E-state index in [-0.39, 0.29) is 24.7 Å². The summed E-state index contributed by atoms with van der Waals surface area (Å²) in [6, 6.07) is 12.2. The number of rotatable bonds is 9. The molecule has 2 aromatic rings. The van der Waals surface area contributed by atoms with Crippen LogP contribution in [0.25, 0.3) is 6.08 Å². The fourth-order valence-corrected chi connectivity index (χ4v) is 6.35. The van der Waals surface area contributed by atoms with E-state index in [4.69, 9.17) is 18.9 Å². The Hall–Kier alpha value is -3.75. The lowest BCUT2D eigenvalue weighted by Crippen LogP contribution is -2.44. The highest BCUT2D eigenvalue weighted by Gasteiger charge is 2.36. The van der Waals surface area contributed by atoms with Crippen LogP contribution in [0.2, 0.25) is 0 Å². The molecule has 0 spiro atoms. The number of sulfonamides is 1. The quantitative estimate of drug-likeness (QED) is 0.366. The third kappa shape index (κ3) is 7.55. The number of ether oxygens (including phenoxy) is 4. The zero-order valence-corrected chi connectivity index (χ0v) is 25.6. The second-order valence-corrected chi connectivity index (χ2v) is 13.5. The topological polar surface area (TPSA) is 118 Å². The first-order valence-corrected chi connectivity index (χ1v) is 15.7. The average Bonchev–Trinajstić information content (AvgIpc) is 3.33. The second-order valence-electron chi connectivity index (χ2n) is 11.3. The molecule has 1 saturated heterocycles. The lowest BCUT2D eigenvalue weighted by atomic mass is 10.1. The van der Waals surface area contributed by atoms with Gasteiger partial charge in [0.15, 0.2) is 6.79 Å². The van der Waals surface area contributed by atoms with Crippen LogP contribution in [0.3, 0.4) is 0 Å². The number of hydrogen-bond acceptors (Lipinski definition) is 8. The zero-order valence-electron chi connectivity index (χ0n) is 24.8. The number of nitrogens with zero attached hydrogens (tertiary/aromatic N) is 3. The molecule has 1 fully saturated rings. The Bertz CT molecular complexity index is 1450. The molecule has 0 saturated carbocycles. The maximum Gasteiger partial charge on any atom is 0.410 e. The van der Waals surface area contributed by atoms with Gasteiger partial charge in [0.05, 0.1) is 29.1 Å². The van der Waals surface area contributed by atoms with Gasteiger partial charge in [0.2, 0.25) is 10.0 Å². The van der Waals surface area contributed by atoms with Crippen LogP contribution in [0.15, 0.2) is 42.5 Å². The molecule has 0 bridgehead atoms. The number of piperidine rings is 1. The minimum absolute atomic E-state index is 0.0424. The van der Waals surface area contributed by atoms with Gasteiger partial charge in [0.1, 0.15) is 23.2 Å². The fraction of sp³-hybridized carbons (Fsp3) is 0.484. The van der Waals surface area contributed by atoms with Gasteiger partial charge in [-0.25, -0.2) is 13.2 Å². The molecule has 0 aliphatic carbocycles. The van der Waals surface area contributed by atoms with Crippen LogP contribution in [0.5, 0.6) is 11.5 Å². The van der Waals surface area contributed by atoms with Crippen molar-refractivity contribution in [3.63, 3.8) is 0 Å². The Morgan fingerprint density at radius 2 is 1.88 bits per heavy atom. The first-order chi connectivity index (χ1) is 19.9. The highest BCUT2D eigenvalue weighted by atomic mass is 32.2. The lowest BCUT2D eigenvalue weighted by Gasteiger charge is -2.33. The maximum absolute atomic E-state index is 13.2. The summed E-state index contributed by atoms with van der Waals surface area (Å²) in [4.78, 5) is 14.1. The number of anilines is 1. The fourth-order valence-electron chi connectivity index (χ4n) is 5.03.